The highest BCUT2D eigenvalue weighted by Gasteiger charge is 2.28. The Hall–Kier alpha value is -2.48. The molecule has 0 bridgehead atoms. The quantitative estimate of drug-likeness (QED) is 0.852. The van der Waals surface area contributed by atoms with Crippen LogP contribution >= 0.6 is 0 Å². The summed E-state index contributed by atoms with van der Waals surface area (Å²) in [5.41, 5.74) is 1.64. The van der Waals surface area contributed by atoms with E-state index >= 15 is 0 Å². The Kier molecular flexibility index (Phi) is 4.75. The van der Waals surface area contributed by atoms with Gasteiger partial charge in [-0.25, -0.2) is 9.97 Å². The highest BCUT2D eigenvalue weighted by molar-refractivity contribution is 5.70. The lowest BCUT2D eigenvalue weighted by molar-refractivity contribution is -0.143. The molecule has 8 heteroatoms. The molecule has 1 fully saturated rings. The second kappa shape index (κ2) is 6.96. The van der Waals surface area contributed by atoms with Crippen LogP contribution in [0.2, 0.25) is 0 Å². The van der Waals surface area contributed by atoms with Crippen LogP contribution in [0.1, 0.15) is 36.9 Å². The molecule has 0 saturated heterocycles. The van der Waals surface area contributed by atoms with Gasteiger partial charge in [-0.1, -0.05) is 5.16 Å². The Morgan fingerprint density at radius 1 is 1.38 bits per heavy atom. The summed E-state index contributed by atoms with van der Waals surface area (Å²) in [4.78, 5) is 19.5. The Labute approximate surface area is 138 Å². The molecule has 0 aromatic carbocycles. The first-order chi connectivity index (χ1) is 11.6. The van der Waals surface area contributed by atoms with E-state index in [1.807, 2.05) is 0 Å². The molecule has 8 nitrogen and oxygen atoms in total. The minimum atomic E-state index is -0.776. The molecular formula is C16H19N3O5. The van der Waals surface area contributed by atoms with E-state index in [2.05, 4.69) is 15.1 Å². The van der Waals surface area contributed by atoms with Crippen LogP contribution in [0.3, 0.4) is 0 Å². The Bertz CT molecular complexity index is 713. The molecule has 1 aliphatic rings. The SMILES string of the molecule is Cc1noc(-c2cnc(OC3CCCC(C(=O)O)C3)cn2)c1CO. The number of aromatic nitrogens is 3. The summed E-state index contributed by atoms with van der Waals surface area (Å²) in [6.45, 7) is 1.55. The fraction of sp³-hybridized carbons (Fsp3) is 0.500. The molecule has 128 valence electrons. The number of hydrogen-bond acceptors (Lipinski definition) is 7. The van der Waals surface area contributed by atoms with Gasteiger partial charge < -0.3 is 19.5 Å². The van der Waals surface area contributed by atoms with Crippen molar-refractivity contribution in [1.29, 1.82) is 0 Å². The third kappa shape index (κ3) is 3.38. The smallest absolute Gasteiger partial charge is 0.306 e. The summed E-state index contributed by atoms with van der Waals surface area (Å²) >= 11 is 0. The second-order valence-electron chi connectivity index (χ2n) is 5.92. The lowest BCUT2D eigenvalue weighted by Crippen LogP contribution is -2.29. The normalized spacial score (nSPS) is 20.8. The highest BCUT2D eigenvalue weighted by atomic mass is 16.5. The van der Waals surface area contributed by atoms with Crippen molar-refractivity contribution < 1.29 is 24.3 Å². The van der Waals surface area contributed by atoms with Crippen molar-refractivity contribution in [2.24, 2.45) is 5.92 Å². The number of carboxylic acids is 1. The van der Waals surface area contributed by atoms with Crippen molar-refractivity contribution in [3.8, 4) is 17.3 Å². The van der Waals surface area contributed by atoms with E-state index in [0.717, 1.165) is 12.8 Å². The molecule has 2 atom stereocenters. The van der Waals surface area contributed by atoms with E-state index < -0.39 is 5.97 Å². The third-order valence-electron chi connectivity index (χ3n) is 4.27. The molecule has 2 aromatic heterocycles. The minimum absolute atomic E-state index is 0.166. The predicted molar refractivity (Wildman–Crippen MR) is 82.2 cm³/mol. The molecule has 2 unspecified atom stereocenters. The minimum Gasteiger partial charge on any atom is -0.481 e. The number of carboxylic acid groups (broad SMARTS) is 1. The molecule has 0 aliphatic heterocycles. The van der Waals surface area contributed by atoms with Crippen molar-refractivity contribution in [2.45, 2.75) is 45.3 Å². The molecule has 2 heterocycles. The highest BCUT2D eigenvalue weighted by Crippen LogP contribution is 2.28. The van der Waals surface area contributed by atoms with Gasteiger partial charge in [0.05, 0.1) is 30.6 Å². The third-order valence-corrected chi connectivity index (χ3v) is 4.27. The number of aliphatic hydroxyl groups is 1. The van der Waals surface area contributed by atoms with Crippen LogP contribution in [0.4, 0.5) is 0 Å². The first-order valence-electron chi connectivity index (χ1n) is 7.86. The zero-order chi connectivity index (χ0) is 17.1. The largest absolute Gasteiger partial charge is 0.481 e. The van der Waals surface area contributed by atoms with E-state index in [9.17, 15) is 9.90 Å². The summed E-state index contributed by atoms with van der Waals surface area (Å²) in [5, 5.41) is 22.3. The number of nitrogens with zero attached hydrogens (tertiary/aromatic N) is 3. The maximum absolute atomic E-state index is 11.1. The first-order valence-corrected chi connectivity index (χ1v) is 7.86. The zero-order valence-electron chi connectivity index (χ0n) is 13.3. The van der Waals surface area contributed by atoms with Crippen molar-refractivity contribution >= 4 is 5.97 Å². The average molecular weight is 333 g/mol. The molecule has 2 aromatic rings. The van der Waals surface area contributed by atoms with Gasteiger partial charge in [-0.15, -0.1) is 0 Å². The molecular weight excluding hydrogens is 314 g/mol. The summed E-state index contributed by atoms with van der Waals surface area (Å²) in [6, 6.07) is 0. The van der Waals surface area contributed by atoms with Crippen molar-refractivity contribution in [3.63, 3.8) is 0 Å². The monoisotopic (exact) mass is 333 g/mol. The van der Waals surface area contributed by atoms with Gasteiger partial charge in [0.1, 0.15) is 11.8 Å². The van der Waals surface area contributed by atoms with Crippen molar-refractivity contribution in [1.82, 2.24) is 15.1 Å². The summed E-state index contributed by atoms with van der Waals surface area (Å²) in [6.07, 6.45) is 5.60. The summed E-state index contributed by atoms with van der Waals surface area (Å²) in [5.74, 6) is -0.406. The standard InChI is InChI=1S/C16H19N3O5/c1-9-12(8-20)15(24-19-9)13-6-18-14(7-17-13)23-11-4-2-3-10(5-11)16(21)22/h6-7,10-11,20H,2-5,8H2,1H3,(H,21,22). The Morgan fingerprint density at radius 3 is 2.88 bits per heavy atom. The molecule has 0 radical (unpaired) electrons. The molecule has 3 rings (SSSR count). The number of aliphatic hydroxyl groups excluding tert-OH is 1. The Morgan fingerprint density at radius 2 is 2.21 bits per heavy atom. The van der Waals surface area contributed by atoms with Gasteiger partial charge in [-0.2, -0.15) is 0 Å². The van der Waals surface area contributed by atoms with Crippen molar-refractivity contribution in [2.75, 3.05) is 0 Å². The van der Waals surface area contributed by atoms with Crippen LogP contribution in [0.25, 0.3) is 11.5 Å². The molecule has 1 aliphatic carbocycles. The number of aryl methyl sites for hydroxylation is 1. The summed E-state index contributed by atoms with van der Waals surface area (Å²) in [7, 11) is 0. The van der Waals surface area contributed by atoms with Crippen LogP contribution in [0, 0.1) is 12.8 Å². The second-order valence-corrected chi connectivity index (χ2v) is 5.92. The molecule has 2 N–H and O–H groups in total. The van der Waals surface area contributed by atoms with E-state index in [1.54, 1.807) is 6.92 Å². The fourth-order valence-electron chi connectivity index (χ4n) is 2.92. The summed E-state index contributed by atoms with van der Waals surface area (Å²) < 4.78 is 10.9. The van der Waals surface area contributed by atoms with E-state index in [4.69, 9.17) is 14.4 Å². The number of aliphatic carboxylic acids is 1. The zero-order valence-corrected chi connectivity index (χ0v) is 13.3. The number of hydrogen-bond donors (Lipinski definition) is 2. The topological polar surface area (TPSA) is 119 Å². The van der Waals surface area contributed by atoms with Crippen LogP contribution in [-0.4, -0.2) is 37.4 Å². The van der Waals surface area contributed by atoms with Crippen LogP contribution in [0.15, 0.2) is 16.9 Å². The predicted octanol–water partition coefficient (Wildman–Crippen LogP) is 1.95. The lowest BCUT2D eigenvalue weighted by atomic mass is 9.87. The number of rotatable bonds is 5. The van der Waals surface area contributed by atoms with Gasteiger partial charge in [0, 0.05) is 5.56 Å². The first kappa shape index (κ1) is 16.4. The Balaban J connectivity index is 1.69. The average Bonchev–Trinajstić information content (AvgIpc) is 2.96. The molecule has 1 saturated carbocycles. The van der Waals surface area contributed by atoms with Gasteiger partial charge >= 0.3 is 5.97 Å². The molecule has 24 heavy (non-hydrogen) atoms. The lowest BCUT2D eigenvalue weighted by Gasteiger charge is -2.26. The van der Waals surface area contributed by atoms with Gasteiger partial charge in [0.2, 0.25) is 5.88 Å². The van der Waals surface area contributed by atoms with Crippen LogP contribution < -0.4 is 4.74 Å². The van der Waals surface area contributed by atoms with Crippen molar-refractivity contribution in [3.05, 3.63) is 23.7 Å². The molecule has 0 spiro atoms. The van der Waals surface area contributed by atoms with Crippen LogP contribution in [-0.2, 0) is 11.4 Å². The maximum atomic E-state index is 11.1. The maximum Gasteiger partial charge on any atom is 0.306 e. The van der Waals surface area contributed by atoms with E-state index in [0.29, 0.717) is 41.4 Å². The van der Waals surface area contributed by atoms with Crippen LogP contribution in [0.5, 0.6) is 5.88 Å². The van der Waals surface area contributed by atoms with E-state index in [-0.39, 0.29) is 18.6 Å². The van der Waals surface area contributed by atoms with Gasteiger partial charge in [0.25, 0.3) is 0 Å². The van der Waals surface area contributed by atoms with Gasteiger partial charge in [-0.3, -0.25) is 4.79 Å². The number of ether oxygens (including phenoxy) is 1. The van der Waals surface area contributed by atoms with Gasteiger partial charge in [-0.05, 0) is 32.6 Å². The fourth-order valence-corrected chi connectivity index (χ4v) is 2.92. The van der Waals surface area contributed by atoms with E-state index in [1.165, 1.54) is 12.4 Å². The number of carbonyl (C=O) groups is 1. The van der Waals surface area contributed by atoms with Gasteiger partial charge in [0.15, 0.2) is 5.76 Å². The molecule has 0 amide bonds.